The highest BCUT2D eigenvalue weighted by Gasteiger charge is 2.55. The Kier molecular flexibility index (Phi) is 2.18. The Hall–Kier alpha value is -1.62. The summed E-state index contributed by atoms with van der Waals surface area (Å²) in [5, 5.41) is 4.10. The Morgan fingerprint density at radius 2 is 2.11 bits per heavy atom. The molecule has 2 aromatic rings. The van der Waals surface area contributed by atoms with Crippen LogP contribution in [0.1, 0.15) is 36.2 Å². The smallest absolute Gasteiger partial charge is 0.230 e. The van der Waals surface area contributed by atoms with Crippen LogP contribution in [0.2, 0.25) is 0 Å². The van der Waals surface area contributed by atoms with E-state index >= 15 is 0 Å². The van der Waals surface area contributed by atoms with E-state index in [1.54, 1.807) is 0 Å². The van der Waals surface area contributed by atoms with Crippen LogP contribution in [0.15, 0.2) is 15.0 Å². The number of fused-ring (bicyclic) bond motifs is 1. The fourth-order valence-electron chi connectivity index (χ4n) is 3.47. The van der Waals surface area contributed by atoms with E-state index in [0.29, 0.717) is 29.6 Å². The van der Waals surface area contributed by atoms with Gasteiger partial charge in [0.05, 0.1) is 5.56 Å². The molecule has 19 heavy (non-hydrogen) atoms. The van der Waals surface area contributed by atoms with Gasteiger partial charge in [-0.3, -0.25) is 0 Å². The minimum atomic E-state index is 0.309. The maximum absolute atomic E-state index is 6.09. The van der Waals surface area contributed by atoms with Crippen molar-refractivity contribution in [3.8, 4) is 11.4 Å². The quantitative estimate of drug-likeness (QED) is 0.896. The molecule has 0 aromatic carbocycles. The Morgan fingerprint density at radius 1 is 1.26 bits per heavy atom. The standard InChI is InChI=1S/C14H17N3O2/c1-6-3-8(7(2)18-6)13-16-14(19-17-13)11-5-12(15)10-4-9(10)11/h3,9-12H,4-5,15H2,1-2H3/t9-,10+,11-,12+/m1/s1. The highest BCUT2D eigenvalue weighted by atomic mass is 16.5. The van der Waals surface area contributed by atoms with Gasteiger partial charge in [0.1, 0.15) is 11.5 Å². The van der Waals surface area contributed by atoms with Crippen molar-refractivity contribution in [2.45, 2.75) is 38.6 Å². The molecule has 0 aliphatic heterocycles. The number of hydrogen-bond acceptors (Lipinski definition) is 5. The number of nitrogens with two attached hydrogens (primary N) is 1. The first kappa shape index (κ1) is 11.2. The lowest BCUT2D eigenvalue weighted by molar-refractivity contribution is 0.341. The lowest BCUT2D eigenvalue weighted by Gasteiger charge is -2.07. The number of rotatable bonds is 2. The zero-order valence-corrected chi connectivity index (χ0v) is 11.1. The van der Waals surface area contributed by atoms with E-state index in [1.807, 2.05) is 19.9 Å². The summed E-state index contributed by atoms with van der Waals surface area (Å²) in [7, 11) is 0. The molecule has 2 heterocycles. The fourth-order valence-corrected chi connectivity index (χ4v) is 3.47. The van der Waals surface area contributed by atoms with Gasteiger partial charge in [0.2, 0.25) is 11.7 Å². The SMILES string of the molecule is Cc1cc(-c2noc([C@@H]3C[C@H](N)[C@H]4C[C@H]43)n2)c(C)o1. The van der Waals surface area contributed by atoms with E-state index < -0.39 is 0 Å². The lowest BCUT2D eigenvalue weighted by Crippen LogP contribution is -2.19. The average molecular weight is 259 g/mol. The van der Waals surface area contributed by atoms with Crippen molar-refractivity contribution < 1.29 is 8.94 Å². The van der Waals surface area contributed by atoms with Gasteiger partial charge < -0.3 is 14.7 Å². The molecule has 4 atom stereocenters. The number of furan rings is 1. The van der Waals surface area contributed by atoms with Crippen LogP contribution in [0.4, 0.5) is 0 Å². The first-order valence-electron chi connectivity index (χ1n) is 6.80. The third-order valence-electron chi connectivity index (χ3n) is 4.52. The van der Waals surface area contributed by atoms with Crippen LogP contribution in [0.5, 0.6) is 0 Å². The van der Waals surface area contributed by atoms with Crippen LogP contribution >= 0.6 is 0 Å². The summed E-state index contributed by atoms with van der Waals surface area (Å²) >= 11 is 0. The van der Waals surface area contributed by atoms with Crippen molar-refractivity contribution in [2.24, 2.45) is 17.6 Å². The van der Waals surface area contributed by atoms with E-state index in [2.05, 4.69) is 10.1 Å². The van der Waals surface area contributed by atoms with Crippen LogP contribution in [0.3, 0.4) is 0 Å². The van der Waals surface area contributed by atoms with Crippen LogP contribution in [-0.2, 0) is 0 Å². The Labute approximate surface area is 111 Å². The van der Waals surface area contributed by atoms with Crippen molar-refractivity contribution in [1.29, 1.82) is 0 Å². The van der Waals surface area contributed by atoms with E-state index in [0.717, 1.165) is 29.4 Å². The molecule has 5 heteroatoms. The maximum Gasteiger partial charge on any atom is 0.230 e. The monoisotopic (exact) mass is 259 g/mol. The molecule has 5 nitrogen and oxygen atoms in total. The molecule has 2 N–H and O–H groups in total. The Morgan fingerprint density at radius 3 is 2.68 bits per heavy atom. The van der Waals surface area contributed by atoms with E-state index in [-0.39, 0.29) is 0 Å². The van der Waals surface area contributed by atoms with Crippen LogP contribution in [0.25, 0.3) is 11.4 Å². The molecule has 2 saturated carbocycles. The zero-order chi connectivity index (χ0) is 13.1. The van der Waals surface area contributed by atoms with Crippen LogP contribution < -0.4 is 5.73 Å². The number of hydrogen-bond donors (Lipinski definition) is 1. The van der Waals surface area contributed by atoms with Gasteiger partial charge in [-0.25, -0.2) is 0 Å². The van der Waals surface area contributed by atoms with Gasteiger partial charge in [0.15, 0.2) is 0 Å². The third-order valence-corrected chi connectivity index (χ3v) is 4.52. The van der Waals surface area contributed by atoms with Gasteiger partial charge >= 0.3 is 0 Å². The summed E-state index contributed by atoms with van der Waals surface area (Å²) in [4.78, 5) is 4.55. The molecule has 0 spiro atoms. The summed E-state index contributed by atoms with van der Waals surface area (Å²) in [5.74, 6) is 4.76. The van der Waals surface area contributed by atoms with Crippen molar-refractivity contribution >= 4 is 0 Å². The number of nitrogens with zero attached hydrogens (tertiary/aromatic N) is 2. The third kappa shape index (κ3) is 1.64. The molecule has 2 aromatic heterocycles. The van der Waals surface area contributed by atoms with E-state index in [4.69, 9.17) is 14.7 Å². The van der Waals surface area contributed by atoms with Crippen LogP contribution in [-0.4, -0.2) is 16.2 Å². The maximum atomic E-state index is 6.09. The summed E-state index contributed by atoms with van der Waals surface area (Å²) in [5.41, 5.74) is 7.01. The van der Waals surface area contributed by atoms with Crippen LogP contribution in [0, 0.1) is 25.7 Å². The number of aromatic nitrogens is 2. The highest BCUT2D eigenvalue weighted by molar-refractivity contribution is 5.57. The second kappa shape index (κ2) is 3.70. The predicted molar refractivity (Wildman–Crippen MR) is 68.4 cm³/mol. The minimum absolute atomic E-state index is 0.309. The minimum Gasteiger partial charge on any atom is -0.466 e. The zero-order valence-electron chi connectivity index (χ0n) is 11.1. The summed E-state index contributed by atoms with van der Waals surface area (Å²) in [6.45, 7) is 3.84. The molecule has 100 valence electrons. The van der Waals surface area contributed by atoms with Gasteiger partial charge in [-0.1, -0.05) is 5.16 Å². The molecule has 0 bridgehead atoms. The summed E-state index contributed by atoms with van der Waals surface area (Å²) in [6, 6.07) is 2.26. The number of aryl methyl sites for hydroxylation is 2. The van der Waals surface area contributed by atoms with Gasteiger partial charge in [0, 0.05) is 12.0 Å². The van der Waals surface area contributed by atoms with E-state index in [9.17, 15) is 0 Å². The second-order valence-electron chi connectivity index (χ2n) is 5.85. The first-order chi connectivity index (χ1) is 9.13. The molecule has 2 fully saturated rings. The molecule has 0 amide bonds. The fraction of sp³-hybridized carbons (Fsp3) is 0.571. The normalized spacial score (nSPS) is 32.6. The van der Waals surface area contributed by atoms with Gasteiger partial charge in [-0.05, 0) is 44.6 Å². The highest BCUT2D eigenvalue weighted by Crippen LogP contribution is 2.58. The predicted octanol–water partition coefficient (Wildman–Crippen LogP) is 2.40. The molecular formula is C14H17N3O2. The molecule has 0 saturated heterocycles. The first-order valence-corrected chi connectivity index (χ1v) is 6.80. The summed E-state index contributed by atoms with van der Waals surface area (Å²) < 4.78 is 11.0. The topological polar surface area (TPSA) is 78.1 Å². The molecule has 0 unspecified atom stereocenters. The van der Waals surface area contributed by atoms with Crippen molar-refractivity contribution in [3.63, 3.8) is 0 Å². The molecule has 4 rings (SSSR count). The average Bonchev–Trinajstić information content (AvgIpc) is 2.71. The Balaban J connectivity index is 1.65. The second-order valence-corrected chi connectivity index (χ2v) is 5.85. The molecular weight excluding hydrogens is 242 g/mol. The summed E-state index contributed by atoms with van der Waals surface area (Å²) in [6.07, 6.45) is 2.19. The molecule has 2 aliphatic rings. The molecule has 2 aliphatic carbocycles. The van der Waals surface area contributed by atoms with Crippen molar-refractivity contribution in [3.05, 3.63) is 23.5 Å². The largest absolute Gasteiger partial charge is 0.466 e. The van der Waals surface area contributed by atoms with E-state index in [1.165, 1.54) is 6.42 Å². The Bertz CT molecular complexity index is 630. The van der Waals surface area contributed by atoms with Crippen molar-refractivity contribution in [1.82, 2.24) is 10.1 Å². The lowest BCUT2D eigenvalue weighted by atomic mass is 10.0. The molecule has 0 radical (unpaired) electrons. The van der Waals surface area contributed by atoms with Gasteiger partial charge in [-0.15, -0.1) is 0 Å². The van der Waals surface area contributed by atoms with Gasteiger partial charge in [0.25, 0.3) is 0 Å². The van der Waals surface area contributed by atoms with Crippen molar-refractivity contribution in [2.75, 3.05) is 0 Å². The van der Waals surface area contributed by atoms with Gasteiger partial charge in [-0.2, -0.15) is 4.98 Å².